The highest BCUT2D eigenvalue weighted by Gasteiger charge is 2.40. The topological polar surface area (TPSA) is 98.7 Å². The molecule has 0 bridgehead atoms. The number of hydrogen-bond acceptors (Lipinski definition) is 5. The summed E-state index contributed by atoms with van der Waals surface area (Å²) in [6, 6.07) is 14.7. The molecule has 7 nitrogen and oxygen atoms in total. The summed E-state index contributed by atoms with van der Waals surface area (Å²) < 4.78 is 0. The Hall–Kier alpha value is -3.23. The first-order valence-electron chi connectivity index (χ1n) is 9.56. The van der Waals surface area contributed by atoms with Crippen LogP contribution in [0.3, 0.4) is 0 Å². The summed E-state index contributed by atoms with van der Waals surface area (Å²) in [5.74, 6) is -2.21. The second-order valence-corrected chi connectivity index (χ2v) is 8.71. The molecule has 3 amide bonds. The number of nitrogens with zero attached hydrogens (tertiary/aromatic N) is 1. The molecule has 0 aromatic heterocycles. The Balaban J connectivity index is 1.57. The van der Waals surface area contributed by atoms with Gasteiger partial charge < -0.3 is 15.7 Å². The molecular weight excluding hydrogens is 524 g/mol. The van der Waals surface area contributed by atoms with Crippen molar-refractivity contribution >= 4 is 81.2 Å². The van der Waals surface area contributed by atoms with E-state index in [0.29, 0.717) is 10.7 Å². The number of halogens is 4. The first kappa shape index (κ1) is 23.9. The highest BCUT2D eigenvalue weighted by Crippen LogP contribution is 2.36. The van der Waals surface area contributed by atoms with E-state index < -0.39 is 17.7 Å². The van der Waals surface area contributed by atoms with Crippen LogP contribution in [0, 0.1) is 0 Å². The number of imide groups is 1. The normalized spacial score (nSPS) is 13.5. The lowest BCUT2D eigenvalue weighted by Crippen LogP contribution is -2.32. The Morgan fingerprint density at radius 3 is 2.32 bits per heavy atom. The zero-order chi connectivity index (χ0) is 24.6. The number of carbonyl (C=O) groups is 3. The molecule has 4 rings (SSSR count). The molecule has 172 valence electrons. The van der Waals surface area contributed by atoms with Crippen LogP contribution < -0.4 is 15.5 Å². The zero-order valence-electron chi connectivity index (χ0n) is 16.9. The van der Waals surface area contributed by atoms with E-state index in [4.69, 9.17) is 46.4 Å². The summed E-state index contributed by atoms with van der Waals surface area (Å²) in [5.41, 5.74) is 0.553. The Labute approximate surface area is 213 Å². The molecular formula is C23H13Cl4N3O4. The minimum Gasteiger partial charge on any atom is -0.506 e. The van der Waals surface area contributed by atoms with Crippen LogP contribution in [0.5, 0.6) is 5.75 Å². The molecule has 1 heterocycles. The van der Waals surface area contributed by atoms with Crippen LogP contribution in [0.4, 0.5) is 17.1 Å². The van der Waals surface area contributed by atoms with Crippen LogP contribution in [0.1, 0.15) is 10.4 Å². The highest BCUT2D eigenvalue weighted by atomic mass is 35.5. The molecule has 0 saturated heterocycles. The van der Waals surface area contributed by atoms with E-state index in [1.54, 1.807) is 12.1 Å². The van der Waals surface area contributed by atoms with Gasteiger partial charge in [0, 0.05) is 21.3 Å². The Morgan fingerprint density at radius 2 is 1.56 bits per heavy atom. The van der Waals surface area contributed by atoms with Gasteiger partial charge in [-0.2, -0.15) is 0 Å². The fourth-order valence-corrected chi connectivity index (χ4v) is 3.93. The van der Waals surface area contributed by atoms with E-state index in [1.165, 1.54) is 48.5 Å². The molecule has 3 N–H and O–H groups in total. The SMILES string of the molecule is O=C(Nc1cc(Cl)ccc1O)c1cccc(NC2=C(Cl)C(=O)N(c3cc(Cl)ccc3Cl)C2=O)c1. The summed E-state index contributed by atoms with van der Waals surface area (Å²) in [6.45, 7) is 0. The average molecular weight is 537 g/mol. The molecule has 0 saturated carbocycles. The van der Waals surface area contributed by atoms with E-state index in [0.717, 1.165) is 4.90 Å². The quantitative estimate of drug-likeness (QED) is 0.273. The molecule has 0 atom stereocenters. The van der Waals surface area contributed by atoms with Gasteiger partial charge in [-0.1, -0.05) is 52.5 Å². The van der Waals surface area contributed by atoms with Crippen LogP contribution in [0.15, 0.2) is 71.4 Å². The maximum atomic E-state index is 13.0. The van der Waals surface area contributed by atoms with Crippen molar-refractivity contribution in [2.75, 3.05) is 15.5 Å². The third kappa shape index (κ3) is 4.69. The molecule has 0 unspecified atom stereocenters. The van der Waals surface area contributed by atoms with Crippen LogP contribution in [0.25, 0.3) is 0 Å². The fourth-order valence-electron chi connectivity index (χ4n) is 3.17. The summed E-state index contributed by atoms with van der Waals surface area (Å²) in [5, 5.41) is 15.7. The van der Waals surface area contributed by atoms with E-state index in [1.807, 2.05) is 0 Å². The predicted octanol–water partition coefficient (Wildman–Crippen LogP) is 6.04. The molecule has 3 aromatic rings. The molecule has 3 aromatic carbocycles. The minimum atomic E-state index is -0.774. The van der Waals surface area contributed by atoms with Crippen molar-refractivity contribution in [2.24, 2.45) is 0 Å². The number of phenolic OH excluding ortho intramolecular Hbond substituents is 1. The monoisotopic (exact) mass is 535 g/mol. The number of aromatic hydroxyl groups is 1. The van der Waals surface area contributed by atoms with Gasteiger partial charge in [0.2, 0.25) is 0 Å². The van der Waals surface area contributed by atoms with Crippen molar-refractivity contribution in [3.05, 3.63) is 92.0 Å². The summed E-state index contributed by atoms with van der Waals surface area (Å²) in [4.78, 5) is 39.2. The van der Waals surface area contributed by atoms with Gasteiger partial charge >= 0.3 is 0 Å². The van der Waals surface area contributed by atoms with Crippen molar-refractivity contribution in [1.82, 2.24) is 0 Å². The molecule has 0 fully saturated rings. The van der Waals surface area contributed by atoms with E-state index in [9.17, 15) is 19.5 Å². The van der Waals surface area contributed by atoms with Gasteiger partial charge in [0.15, 0.2) is 0 Å². The molecule has 11 heteroatoms. The van der Waals surface area contributed by atoms with Crippen LogP contribution in [0.2, 0.25) is 15.1 Å². The molecule has 0 aliphatic carbocycles. The van der Waals surface area contributed by atoms with E-state index in [2.05, 4.69) is 10.6 Å². The van der Waals surface area contributed by atoms with Gasteiger partial charge in [0.05, 0.1) is 16.4 Å². The smallest absolute Gasteiger partial charge is 0.283 e. The Morgan fingerprint density at radius 1 is 0.853 bits per heavy atom. The standard InChI is InChI=1S/C23H13Cl4N3O4/c24-12-5-7-18(31)16(9-12)29-21(32)11-2-1-3-14(8-11)28-20-19(27)22(33)30(23(20)34)17-10-13(25)4-6-15(17)26/h1-10,28,31H,(H,29,32). The molecule has 1 aliphatic heterocycles. The van der Waals surface area contributed by atoms with Gasteiger partial charge in [-0.3, -0.25) is 14.4 Å². The van der Waals surface area contributed by atoms with Gasteiger partial charge in [0.25, 0.3) is 17.7 Å². The zero-order valence-corrected chi connectivity index (χ0v) is 19.9. The maximum Gasteiger partial charge on any atom is 0.283 e. The van der Waals surface area contributed by atoms with Crippen LogP contribution in [-0.4, -0.2) is 22.8 Å². The number of amides is 3. The lowest BCUT2D eigenvalue weighted by atomic mass is 10.1. The van der Waals surface area contributed by atoms with Crippen molar-refractivity contribution in [2.45, 2.75) is 0 Å². The summed E-state index contributed by atoms with van der Waals surface area (Å²) in [7, 11) is 0. The first-order valence-corrected chi connectivity index (χ1v) is 11.1. The first-order chi connectivity index (χ1) is 16.2. The summed E-state index contributed by atoms with van der Waals surface area (Å²) >= 11 is 24.2. The molecule has 0 spiro atoms. The van der Waals surface area contributed by atoms with Gasteiger partial charge in [0.1, 0.15) is 16.5 Å². The number of anilines is 3. The summed E-state index contributed by atoms with van der Waals surface area (Å²) in [6.07, 6.45) is 0. The largest absolute Gasteiger partial charge is 0.506 e. The number of rotatable bonds is 5. The van der Waals surface area contributed by atoms with Gasteiger partial charge in [-0.05, 0) is 54.6 Å². The van der Waals surface area contributed by atoms with Gasteiger partial charge in [-0.15, -0.1) is 0 Å². The van der Waals surface area contributed by atoms with Crippen molar-refractivity contribution in [3.63, 3.8) is 0 Å². The predicted molar refractivity (Wildman–Crippen MR) is 133 cm³/mol. The van der Waals surface area contributed by atoms with E-state index in [-0.39, 0.29) is 43.5 Å². The van der Waals surface area contributed by atoms with Crippen molar-refractivity contribution in [1.29, 1.82) is 0 Å². The number of benzene rings is 3. The third-order valence-corrected chi connectivity index (χ3v) is 5.92. The van der Waals surface area contributed by atoms with Gasteiger partial charge in [-0.25, -0.2) is 4.90 Å². The molecule has 1 aliphatic rings. The number of carbonyl (C=O) groups excluding carboxylic acids is 3. The van der Waals surface area contributed by atoms with Crippen LogP contribution in [-0.2, 0) is 9.59 Å². The number of nitrogens with one attached hydrogen (secondary N) is 2. The fraction of sp³-hybridized carbons (Fsp3) is 0. The maximum absolute atomic E-state index is 13.0. The Bertz CT molecular complexity index is 1390. The lowest BCUT2D eigenvalue weighted by molar-refractivity contribution is -0.120. The number of hydrogen-bond donors (Lipinski definition) is 3. The second kappa shape index (κ2) is 9.56. The van der Waals surface area contributed by atoms with Crippen molar-refractivity contribution in [3.8, 4) is 5.75 Å². The second-order valence-electron chi connectivity index (χ2n) is 7.05. The lowest BCUT2D eigenvalue weighted by Gasteiger charge is -2.17. The molecule has 0 radical (unpaired) electrons. The van der Waals surface area contributed by atoms with E-state index >= 15 is 0 Å². The number of phenols is 1. The average Bonchev–Trinajstić information content (AvgIpc) is 3.01. The third-order valence-electron chi connectivity index (χ3n) is 4.78. The molecule has 34 heavy (non-hydrogen) atoms. The Kier molecular flexibility index (Phi) is 6.72. The van der Waals surface area contributed by atoms with Crippen LogP contribution >= 0.6 is 46.4 Å². The van der Waals surface area contributed by atoms with Crippen molar-refractivity contribution < 1.29 is 19.5 Å². The highest BCUT2D eigenvalue weighted by molar-refractivity contribution is 6.54. The minimum absolute atomic E-state index is 0.0913.